The normalized spacial score (nSPS) is 12.4. The fraction of sp³-hybridized carbons (Fsp3) is 0.824. The first-order valence-corrected chi connectivity index (χ1v) is 8.79. The minimum atomic E-state index is -0.750. The van der Waals surface area contributed by atoms with Gasteiger partial charge in [-0.3, -0.25) is 9.59 Å². The molecule has 0 unspecified atom stereocenters. The van der Waals surface area contributed by atoms with Gasteiger partial charge in [-0.1, -0.05) is 13.8 Å². The minimum absolute atomic E-state index is 0.133. The van der Waals surface area contributed by atoms with Crippen LogP contribution in [0.5, 0.6) is 0 Å². The molecule has 0 saturated heterocycles. The molecule has 0 aromatic rings. The van der Waals surface area contributed by atoms with Gasteiger partial charge in [-0.25, -0.2) is 4.79 Å². The fourth-order valence-corrected chi connectivity index (χ4v) is 2.00. The monoisotopic (exact) mass is 358 g/mol. The number of ether oxygens (including phenoxy) is 1. The molecule has 146 valence electrons. The highest BCUT2D eigenvalue weighted by molar-refractivity contribution is 5.89. The van der Waals surface area contributed by atoms with E-state index in [0.717, 1.165) is 12.8 Å². The number of hydrogen-bond acceptors (Lipinski definition) is 5. The van der Waals surface area contributed by atoms with Gasteiger partial charge in [0.25, 0.3) is 0 Å². The molecule has 0 aliphatic rings. The SMILES string of the molecule is CC(C)C[C@@H](NC(=O)OC(C)(C)C)C(=O)NCC(=O)NCCCCN. The van der Waals surface area contributed by atoms with E-state index in [1.54, 1.807) is 20.8 Å². The quantitative estimate of drug-likeness (QED) is 0.432. The van der Waals surface area contributed by atoms with Gasteiger partial charge in [0.15, 0.2) is 0 Å². The van der Waals surface area contributed by atoms with Crippen molar-refractivity contribution >= 4 is 17.9 Å². The van der Waals surface area contributed by atoms with Gasteiger partial charge in [-0.2, -0.15) is 0 Å². The molecule has 0 bridgehead atoms. The maximum Gasteiger partial charge on any atom is 0.408 e. The maximum atomic E-state index is 12.3. The molecular weight excluding hydrogens is 324 g/mol. The predicted molar refractivity (Wildman–Crippen MR) is 96.9 cm³/mol. The molecule has 8 nitrogen and oxygen atoms in total. The Morgan fingerprint density at radius 3 is 2.24 bits per heavy atom. The highest BCUT2D eigenvalue weighted by atomic mass is 16.6. The number of carbonyl (C=O) groups is 3. The standard InChI is InChI=1S/C17H34N4O4/c1-12(2)10-13(21-16(24)25-17(3,4)5)15(23)20-11-14(22)19-9-7-6-8-18/h12-13H,6-11,18H2,1-5H3,(H,19,22)(H,20,23)(H,21,24)/t13-/m1/s1. The van der Waals surface area contributed by atoms with E-state index < -0.39 is 23.6 Å². The molecule has 0 aromatic heterocycles. The first-order chi connectivity index (χ1) is 11.5. The zero-order chi connectivity index (χ0) is 19.5. The van der Waals surface area contributed by atoms with E-state index in [1.165, 1.54) is 0 Å². The van der Waals surface area contributed by atoms with Gasteiger partial charge in [0.2, 0.25) is 11.8 Å². The largest absolute Gasteiger partial charge is 0.444 e. The van der Waals surface area contributed by atoms with Crippen molar-refractivity contribution < 1.29 is 19.1 Å². The van der Waals surface area contributed by atoms with Gasteiger partial charge in [0, 0.05) is 6.54 Å². The van der Waals surface area contributed by atoms with Crippen LogP contribution in [0.4, 0.5) is 4.79 Å². The molecule has 8 heteroatoms. The van der Waals surface area contributed by atoms with Crippen LogP contribution in [0.15, 0.2) is 0 Å². The van der Waals surface area contributed by atoms with Crippen molar-refractivity contribution in [1.29, 1.82) is 0 Å². The summed E-state index contributed by atoms with van der Waals surface area (Å²) < 4.78 is 5.18. The Balaban J connectivity index is 4.44. The zero-order valence-electron chi connectivity index (χ0n) is 16.1. The molecule has 0 aliphatic heterocycles. The van der Waals surface area contributed by atoms with Crippen LogP contribution in [0.1, 0.15) is 53.9 Å². The van der Waals surface area contributed by atoms with Crippen molar-refractivity contribution in [3.05, 3.63) is 0 Å². The first-order valence-electron chi connectivity index (χ1n) is 8.79. The molecule has 0 heterocycles. The third-order valence-corrected chi connectivity index (χ3v) is 3.09. The Labute approximate surface area is 150 Å². The molecule has 0 spiro atoms. The summed E-state index contributed by atoms with van der Waals surface area (Å²) in [4.78, 5) is 35.9. The summed E-state index contributed by atoms with van der Waals surface area (Å²) in [5.41, 5.74) is 4.73. The predicted octanol–water partition coefficient (Wildman–Crippen LogP) is 0.897. The third-order valence-electron chi connectivity index (χ3n) is 3.09. The second-order valence-corrected chi connectivity index (χ2v) is 7.39. The van der Waals surface area contributed by atoms with Crippen LogP contribution in [-0.2, 0) is 14.3 Å². The molecule has 0 aromatic carbocycles. The second-order valence-electron chi connectivity index (χ2n) is 7.39. The van der Waals surface area contributed by atoms with Gasteiger partial charge in [0.1, 0.15) is 11.6 Å². The Bertz CT molecular complexity index is 433. The summed E-state index contributed by atoms with van der Waals surface area (Å²) in [6, 6.07) is -0.750. The third kappa shape index (κ3) is 13.2. The summed E-state index contributed by atoms with van der Waals surface area (Å²) in [5.74, 6) is -0.488. The molecule has 25 heavy (non-hydrogen) atoms. The van der Waals surface area contributed by atoms with Crippen molar-refractivity contribution in [3.63, 3.8) is 0 Å². The van der Waals surface area contributed by atoms with Gasteiger partial charge >= 0.3 is 6.09 Å². The van der Waals surface area contributed by atoms with Crippen LogP contribution in [0, 0.1) is 5.92 Å². The fourth-order valence-electron chi connectivity index (χ4n) is 2.00. The highest BCUT2D eigenvalue weighted by Gasteiger charge is 2.25. The molecule has 5 N–H and O–H groups in total. The summed E-state index contributed by atoms with van der Waals surface area (Å²) in [6.45, 7) is 10.1. The lowest BCUT2D eigenvalue weighted by Crippen LogP contribution is -2.50. The van der Waals surface area contributed by atoms with E-state index >= 15 is 0 Å². The van der Waals surface area contributed by atoms with Crippen molar-refractivity contribution in [2.75, 3.05) is 19.6 Å². The lowest BCUT2D eigenvalue weighted by atomic mass is 10.0. The van der Waals surface area contributed by atoms with Gasteiger partial charge in [0.05, 0.1) is 6.54 Å². The zero-order valence-corrected chi connectivity index (χ0v) is 16.1. The van der Waals surface area contributed by atoms with Crippen molar-refractivity contribution in [2.24, 2.45) is 11.7 Å². The lowest BCUT2D eigenvalue weighted by Gasteiger charge is -2.24. The Hall–Kier alpha value is -1.83. The van der Waals surface area contributed by atoms with Crippen LogP contribution < -0.4 is 21.7 Å². The summed E-state index contributed by atoms with van der Waals surface area (Å²) in [5, 5.41) is 7.82. The van der Waals surface area contributed by atoms with Crippen LogP contribution in [0.3, 0.4) is 0 Å². The van der Waals surface area contributed by atoms with E-state index in [4.69, 9.17) is 10.5 Å². The highest BCUT2D eigenvalue weighted by Crippen LogP contribution is 2.09. The van der Waals surface area contributed by atoms with Crippen LogP contribution in [-0.4, -0.2) is 49.2 Å². The van der Waals surface area contributed by atoms with E-state index in [1.807, 2.05) is 13.8 Å². The molecule has 0 rings (SSSR count). The molecule has 0 aliphatic carbocycles. The number of rotatable bonds is 10. The first kappa shape index (κ1) is 23.2. The van der Waals surface area contributed by atoms with Crippen LogP contribution in [0.25, 0.3) is 0 Å². The second kappa shape index (κ2) is 11.7. The average Bonchev–Trinajstić information content (AvgIpc) is 2.46. The van der Waals surface area contributed by atoms with E-state index in [9.17, 15) is 14.4 Å². The lowest BCUT2D eigenvalue weighted by molar-refractivity contribution is -0.127. The summed E-state index contributed by atoms with van der Waals surface area (Å²) >= 11 is 0. The van der Waals surface area contributed by atoms with E-state index in [0.29, 0.717) is 19.5 Å². The van der Waals surface area contributed by atoms with Crippen molar-refractivity contribution in [1.82, 2.24) is 16.0 Å². The van der Waals surface area contributed by atoms with Crippen LogP contribution >= 0.6 is 0 Å². The minimum Gasteiger partial charge on any atom is -0.444 e. The number of carbonyl (C=O) groups excluding carboxylic acids is 3. The molecule has 3 amide bonds. The number of nitrogens with one attached hydrogen (secondary N) is 3. The summed E-state index contributed by atoms with van der Waals surface area (Å²) in [6.07, 6.45) is 1.43. The Morgan fingerprint density at radius 1 is 1.08 bits per heavy atom. The topological polar surface area (TPSA) is 123 Å². The Kier molecular flexibility index (Phi) is 10.8. The molecule has 0 fully saturated rings. The number of hydrogen-bond donors (Lipinski definition) is 4. The number of amides is 3. The smallest absolute Gasteiger partial charge is 0.408 e. The summed E-state index contributed by atoms with van der Waals surface area (Å²) in [7, 11) is 0. The van der Waals surface area contributed by atoms with E-state index in [-0.39, 0.29) is 18.4 Å². The number of unbranched alkanes of at least 4 members (excludes halogenated alkanes) is 1. The molecule has 0 saturated carbocycles. The Morgan fingerprint density at radius 2 is 1.72 bits per heavy atom. The van der Waals surface area contributed by atoms with E-state index in [2.05, 4.69) is 16.0 Å². The van der Waals surface area contributed by atoms with Crippen molar-refractivity contribution in [2.45, 2.75) is 65.5 Å². The molecule has 0 radical (unpaired) electrons. The van der Waals surface area contributed by atoms with Crippen LogP contribution in [0.2, 0.25) is 0 Å². The van der Waals surface area contributed by atoms with Gasteiger partial charge < -0.3 is 26.4 Å². The molecular formula is C17H34N4O4. The molecule has 1 atom stereocenters. The average molecular weight is 358 g/mol. The van der Waals surface area contributed by atoms with Gasteiger partial charge in [-0.15, -0.1) is 0 Å². The van der Waals surface area contributed by atoms with Gasteiger partial charge in [-0.05, 0) is 52.5 Å². The maximum absolute atomic E-state index is 12.3. The number of nitrogens with two attached hydrogens (primary N) is 1. The van der Waals surface area contributed by atoms with Crippen molar-refractivity contribution in [3.8, 4) is 0 Å². The number of alkyl carbamates (subject to hydrolysis) is 1.